The van der Waals surface area contributed by atoms with Gasteiger partial charge in [0.05, 0.1) is 0 Å². The van der Waals surface area contributed by atoms with Crippen LogP contribution in [0.5, 0.6) is 0 Å². The van der Waals surface area contributed by atoms with Crippen LogP contribution in [0.15, 0.2) is 18.2 Å². The summed E-state index contributed by atoms with van der Waals surface area (Å²) in [4.78, 5) is 11.6. The maximum atomic E-state index is 11.6. The number of anilines is 1. The monoisotopic (exact) mass is 225 g/mol. The fraction of sp³-hybridized carbons (Fsp3) is 0.417. The smallest absolute Gasteiger partial charge is 0.228 e. The normalized spacial score (nSPS) is 12.3. The summed E-state index contributed by atoms with van der Waals surface area (Å²) in [5.41, 5.74) is 3.15. The van der Waals surface area contributed by atoms with Crippen molar-refractivity contribution in [2.45, 2.75) is 20.8 Å². The summed E-state index contributed by atoms with van der Waals surface area (Å²) < 4.78 is 0. The molecule has 2 nitrogen and oxygen atoms in total. The Morgan fingerprint density at radius 3 is 2.73 bits per heavy atom. The Morgan fingerprint density at radius 2 is 2.13 bits per heavy atom. The summed E-state index contributed by atoms with van der Waals surface area (Å²) in [7, 11) is 0. The van der Waals surface area contributed by atoms with E-state index < -0.39 is 0 Å². The first kappa shape index (κ1) is 12.1. The fourth-order valence-corrected chi connectivity index (χ4v) is 1.35. The highest BCUT2D eigenvalue weighted by atomic mass is 35.5. The van der Waals surface area contributed by atoms with Crippen LogP contribution in [0.4, 0.5) is 5.69 Å². The Labute approximate surface area is 95.6 Å². The van der Waals surface area contributed by atoms with E-state index in [1.807, 2.05) is 39.0 Å². The number of carbonyl (C=O) groups is 1. The number of aryl methyl sites for hydroxylation is 1. The molecular formula is C12H16ClNO. The molecule has 1 N–H and O–H groups in total. The number of amides is 1. The molecule has 1 aromatic carbocycles. The van der Waals surface area contributed by atoms with Crippen molar-refractivity contribution in [3.05, 3.63) is 29.3 Å². The molecule has 1 atom stereocenters. The van der Waals surface area contributed by atoms with Gasteiger partial charge in [-0.25, -0.2) is 0 Å². The quantitative estimate of drug-likeness (QED) is 0.787. The Morgan fingerprint density at radius 1 is 1.47 bits per heavy atom. The van der Waals surface area contributed by atoms with Crippen LogP contribution in [0.1, 0.15) is 18.1 Å². The molecule has 0 bridgehead atoms. The van der Waals surface area contributed by atoms with E-state index >= 15 is 0 Å². The van der Waals surface area contributed by atoms with Gasteiger partial charge in [0.15, 0.2) is 0 Å². The molecule has 0 saturated carbocycles. The second-order valence-electron chi connectivity index (χ2n) is 3.79. The van der Waals surface area contributed by atoms with Crippen LogP contribution < -0.4 is 5.32 Å². The predicted molar refractivity (Wildman–Crippen MR) is 64.4 cm³/mol. The van der Waals surface area contributed by atoms with Crippen LogP contribution in [0, 0.1) is 19.8 Å². The van der Waals surface area contributed by atoms with Crippen molar-refractivity contribution in [2.75, 3.05) is 11.2 Å². The first-order chi connectivity index (χ1) is 7.06. The number of nitrogens with one attached hydrogen (secondary N) is 1. The van der Waals surface area contributed by atoms with Crippen molar-refractivity contribution in [2.24, 2.45) is 5.92 Å². The standard InChI is InChI=1S/C12H16ClNO/c1-8-5-4-6-11(10(8)3)14-12(15)9(2)7-13/h4-6,9H,7H2,1-3H3,(H,14,15). The number of rotatable bonds is 3. The van der Waals surface area contributed by atoms with Gasteiger partial charge in [-0.1, -0.05) is 19.1 Å². The fourth-order valence-electron chi connectivity index (χ4n) is 1.21. The molecule has 82 valence electrons. The molecule has 3 heteroatoms. The van der Waals surface area contributed by atoms with E-state index in [9.17, 15) is 4.79 Å². The van der Waals surface area contributed by atoms with Gasteiger partial charge in [0.1, 0.15) is 0 Å². The largest absolute Gasteiger partial charge is 0.326 e. The number of halogens is 1. The van der Waals surface area contributed by atoms with E-state index in [-0.39, 0.29) is 11.8 Å². The number of hydrogen-bond acceptors (Lipinski definition) is 1. The highest BCUT2D eigenvalue weighted by molar-refractivity contribution is 6.19. The predicted octanol–water partition coefficient (Wildman–Crippen LogP) is 3.12. The molecule has 1 amide bonds. The van der Waals surface area contributed by atoms with Crippen molar-refractivity contribution in [3.63, 3.8) is 0 Å². The average molecular weight is 226 g/mol. The lowest BCUT2D eigenvalue weighted by Gasteiger charge is -2.12. The molecule has 0 fully saturated rings. The van der Waals surface area contributed by atoms with E-state index in [1.165, 1.54) is 5.56 Å². The number of carbonyl (C=O) groups excluding carboxylic acids is 1. The minimum atomic E-state index is -0.161. The Kier molecular flexibility index (Phi) is 4.15. The molecule has 0 aliphatic heterocycles. The third-order valence-electron chi connectivity index (χ3n) is 2.54. The first-order valence-corrected chi connectivity index (χ1v) is 5.52. The maximum Gasteiger partial charge on any atom is 0.228 e. The molecule has 0 saturated heterocycles. The molecule has 0 aliphatic rings. The van der Waals surface area contributed by atoms with Crippen LogP contribution in [0.25, 0.3) is 0 Å². The first-order valence-electron chi connectivity index (χ1n) is 4.99. The molecule has 15 heavy (non-hydrogen) atoms. The van der Waals surface area contributed by atoms with Gasteiger partial charge in [0, 0.05) is 17.5 Å². The van der Waals surface area contributed by atoms with Gasteiger partial charge in [-0.2, -0.15) is 0 Å². The van der Waals surface area contributed by atoms with E-state index in [4.69, 9.17) is 11.6 Å². The van der Waals surface area contributed by atoms with Gasteiger partial charge >= 0.3 is 0 Å². The van der Waals surface area contributed by atoms with Crippen LogP contribution in [0.3, 0.4) is 0 Å². The Bertz CT molecular complexity index is 363. The van der Waals surface area contributed by atoms with Gasteiger partial charge in [0.25, 0.3) is 0 Å². The topological polar surface area (TPSA) is 29.1 Å². The molecule has 0 aliphatic carbocycles. The van der Waals surface area contributed by atoms with E-state index in [1.54, 1.807) is 0 Å². The molecule has 1 unspecified atom stereocenters. The lowest BCUT2D eigenvalue weighted by atomic mass is 10.1. The Balaban J connectivity index is 2.81. The summed E-state index contributed by atoms with van der Waals surface area (Å²) in [5.74, 6) is 0.154. The molecule has 0 aromatic heterocycles. The van der Waals surface area contributed by atoms with Crippen molar-refractivity contribution >= 4 is 23.2 Å². The SMILES string of the molecule is Cc1cccc(NC(=O)C(C)CCl)c1C. The van der Waals surface area contributed by atoms with Crippen LogP contribution in [-0.2, 0) is 4.79 Å². The highest BCUT2D eigenvalue weighted by Gasteiger charge is 2.12. The second-order valence-corrected chi connectivity index (χ2v) is 4.10. The summed E-state index contributed by atoms with van der Waals surface area (Å²) in [6, 6.07) is 5.86. The van der Waals surface area contributed by atoms with Gasteiger partial charge in [0.2, 0.25) is 5.91 Å². The van der Waals surface area contributed by atoms with Gasteiger partial charge < -0.3 is 5.32 Å². The van der Waals surface area contributed by atoms with Crippen molar-refractivity contribution in [3.8, 4) is 0 Å². The van der Waals surface area contributed by atoms with Crippen molar-refractivity contribution < 1.29 is 4.79 Å². The molecule has 0 radical (unpaired) electrons. The highest BCUT2D eigenvalue weighted by Crippen LogP contribution is 2.18. The second kappa shape index (κ2) is 5.17. The van der Waals surface area contributed by atoms with Crippen LogP contribution in [0.2, 0.25) is 0 Å². The average Bonchev–Trinajstić information content (AvgIpc) is 2.23. The molecule has 0 spiro atoms. The van der Waals surface area contributed by atoms with Gasteiger partial charge in [-0.05, 0) is 31.0 Å². The molecule has 1 aromatic rings. The van der Waals surface area contributed by atoms with Crippen molar-refractivity contribution in [1.82, 2.24) is 0 Å². The molecule has 1 rings (SSSR count). The summed E-state index contributed by atoms with van der Waals surface area (Å²) >= 11 is 5.62. The lowest BCUT2D eigenvalue weighted by molar-refractivity contribution is -0.118. The maximum absolute atomic E-state index is 11.6. The van der Waals surface area contributed by atoms with Crippen LogP contribution >= 0.6 is 11.6 Å². The van der Waals surface area contributed by atoms with Gasteiger partial charge in [-0.15, -0.1) is 11.6 Å². The van der Waals surface area contributed by atoms with Crippen LogP contribution in [-0.4, -0.2) is 11.8 Å². The Hall–Kier alpha value is -1.02. The number of hydrogen-bond donors (Lipinski definition) is 1. The third kappa shape index (κ3) is 2.96. The number of benzene rings is 1. The zero-order valence-corrected chi connectivity index (χ0v) is 10.1. The number of alkyl halides is 1. The summed E-state index contributed by atoms with van der Waals surface area (Å²) in [6.45, 7) is 5.83. The van der Waals surface area contributed by atoms with E-state index in [0.29, 0.717) is 5.88 Å². The van der Waals surface area contributed by atoms with E-state index in [0.717, 1.165) is 11.3 Å². The molecule has 0 heterocycles. The zero-order valence-electron chi connectivity index (χ0n) is 9.30. The van der Waals surface area contributed by atoms with Gasteiger partial charge in [-0.3, -0.25) is 4.79 Å². The lowest BCUT2D eigenvalue weighted by Crippen LogP contribution is -2.21. The summed E-state index contributed by atoms with van der Waals surface area (Å²) in [6.07, 6.45) is 0. The third-order valence-corrected chi connectivity index (χ3v) is 3.00. The molecular weight excluding hydrogens is 210 g/mol. The zero-order chi connectivity index (χ0) is 11.4. The summed E-state index contributed by atoms with van der Waals surface area (Å²) in [5, 5.41) is 2.88. The van der Waals surface area contributed by atoms with E-state index in [2.05, 4.69) is 5.32 Å². The minimum absolute atomic E-state index is 0.0290. The minimum Gasteiger partial charge on any atom is -0.326 e. The van der Waals surface area contributed by atoms with Crippen molar-refractivity contribution in [1.29, 1.82) is 0 Å².